The molecule has 3 nitrogen and oxygen atoms in total. The highest BCUT2D eigenvalue weighted by Crippen LogP contribution is 2.43. The summed E-state index contributed by atoms with van der Waals surface area (Å²) in [6, 6.07) is 0. The zero-order valence-electron chi connectivity index (χ0n) is 12.3. The average molecular weight is 275 g/mol. The van der Waals surface area contributed by atoms with E-state index in [1.165, 1.54) is 25.5 Å². The van der Waals surface area contributed by atoms with Gasteiger partial charge in [0.05, 0.1) is 5.75 Å². The maximum atomic E-state index is 11.3. The van der Waals surface area contributed by atoms with Crippen LogP contribution >= 0.6 is 0 Å². The first kappa shape index (κ1) is 16.0. The van der Waals surface area contributed by atoms with Crippen molar-refractivity contribution in [3.63, 3.8) is 0 Å². The van der Waals surface area contributed by atoms with Crippen molar-refractivity contribution in [2.75, 3.05) is 25.1 Å². The molecule has 4 heteroatoms. The van der Waals surface area contributed by atoms with Crippen molar-refractivity contribution in [2.24, 2.45) is 17.3 Å². The van der Waals surface area contributed by atoms with E-state index < -0.39 is 9.84 Å². The molecule has 0 aromatic heterocycles. The van der Waals surface area contributed by atoms with Gasteiger partial charge in [0.15, 0.2) is 0 Å². The molecule has 0 aromatic rings. The Kier molecular flexibility index (Phi) is 5.66. The quantitative estimate of drug-likeness (QED) is 0.810. The van der Waals surface area contributed by atoms with Gasteiger partial charge in [-0.25, -0.2) is 8.42 Å². The number of hydrogen-bond acceptors (Lipinski definition) is 3. The lowest BCUT2D eigenvalue weighted by atomic mass is 9.66. The lowest BCUT2D eigenvalue weighted by molar-refractivity contribution is 0.114. The fourth-order valence-electron chi connectivity index (χ4n) is 3.09. The predicted molar refractivity (Wildman–Crippen MR) is 77.5 cm³/mol. The monoisotopic (exact) mass is 275 g/mol. The SMILES string of the molecule is CCNCC1CCC(C)(C)CC1CCS(C)(=O)=O. The molecule has 1 rings (SSSR count). The normalized spacial score (nSPS) is 28.2. The van der Waals surface area contributed by atoms with E-state index in [9.17, 15) is 8.42 Å². The number of hydrogen-bond donors (Lipinski definition) is 1. The third-order valence-electron chi connectivity index (χ3n) is 4.19. The zero-order valence-corrected chi connectivity index (χ0v) is 13.1. The highest BCUT2D eigenvalue weighted by Gasteiger charge is 2.34. The van der Waals surface area contributed by atoms with Gasteiger partial charge in [0.1, 0.15) is 9.84 Å². The van der Waals surface area contributed by atoms with E-state index in [1.54, 1.807) is 0 Å². The summed E-state index contributed by atoms with van der Waals surface area (Å²) in [4.78, 5) is 0. The zero-order chi connectivity index (χ0) is 13.8. The van der Waals surface area contributed by atoms with Crippen LogP contribution in [0.3, 0.4) is 0 Å². The first-order valence-electron chi connectivity index (χ1n) is 7.12. The van der Waals surface area contributed by atoms with E-state index in [-0.39, 0.29) is 0 Å². The predicted octanol–water partition coefficient (Wildman–Crippen LogP) is 2.47. The van der Waals surface area contributed by atoms with E-state index in [1.807, 2.05) is 0 Å². The molecular weight excluding hydrogens is 246 g/mol. The van der Waals surface area contributed by atoms with E-state index in [0.717, 1.165) is 19.5 Å². The van der Waals surface area contributed by atoms with Gasteiger partial charge in [0.25, 0.3) is 0 Å². The van der Waals surface area contributed by atoms with E-state index in [4.69, 9.17) is 0 Å². The van der Waals surface area contributed by atoms with Crippen molar-refractivity contribution < 1.29 is 8.42 Å². The molecule has 0 spiro atoms. The molecule has 1 aliphatic rings. The molecule has 0 amide bonds. The van der Waals surface area contributed by atoms with Crippen molar-refractivity contribution in [2.45, 2.75) is 46.5 Å². The number of nitrogens with one attached hydrogen (secondary N) is 1. The van der Waals surface area contributed by atoms with Crippen molar-refractivity contribution >= 4 is 9.84 Å². The Hall–Kier alpha value is -0.0900. The van der Waals surface area contributed by atoms with Crippen LogP contribution in [0.25, 0.3) is 0 Å². The molecule has 1 saturated carbocycles. The lowest BCUT2D eigenvalue weighted by Crippen LogP contribution is -2.36. The second-order valence-electron chi connectivity index (χ2n) is 6.65. The van der Waals surface area contributed by atoms with Crippen LogP contribution in [-0.4, -0.2) is 33.5 Å². The largest absolute Gasteiger partial charge is 0.317 e. The van der Waals surface area contributed by atoms with Crippen molar-refractivity contribution in [3.8, 4) is 0 Å². The summed E-state index contributed by atoms with van der Waals surface area (Å²) in [5.41, 5.74) is 0.380. The van der Waals surface area contributed by atoms with Crippen LogP contribution in [0.1, 0.15) is 46.5 Å². The molecule has 0 bridgehead atoms. The Labute approximate surface area is 113 Å². The molecule has 1 N–H and O–H groups in total. The number of rotatable bonds is 6. The Balaban J connectivity index is 2.59. The van der Waals surface area contributed by atoms with Gasteiger partial charge in [-0.3, -0.25) is 0 Å². The summed E-state index contributed by atoms with van der Waals surface area (Å²) in [6.07, 6.45) is 5.84. The molecule has 2 atom stereocenters. The van der Waals surface area contributed by atoms with Crippen molar-refractivity contribution in [1.29, 1.82) is 0 Å². The fourth-order valence-corrected chi connectivity index (χ4v) is 3.82. The van der Waals surface area contributed by atoms with Crippen LogP contribution in [0.4, 0.5) is 0 Å². The van der Waals surface area contributed by atoms with E-state index >= 15 is 0 Å². The second kappa shape index (κ2) is 6.38. The third-order valence-corrected chi connectivity index (χ3v) is 5.17. The second-order valence-corrected chi connectivity index (χ2v) is 8.91. The minimum absolute atomic E-state index is 0.344. The average Bonchev–Trinajstić information content (AvgIpc) is 2.23. The van der Waals surface area contributed by atoms with Crippen LogP contribution in [0.5, 0.6) is 0 Å². The Bertz CT molecular complexity index is 349. The van der Waals surface area contributed by atoms with Crippen LogP contribution < -0.4 is 5.32 Å². The van der Waals surface area contributed by atoms with Gasteiger partial charge in [-0.05, 0) is 56.0 Å². The number of sulfone groups is 1. The Morgan fingerprint density at radius 2 is 1.94 bits per heavy atom. The summed E-state index contributed by atoms with van der Waals surface area (Å²) >= 11 is 0. The summed E-state index contributed by atoms with van der Waals surface area (Å²) < 4.78 is 22.7. The maximum Gasteiger partial charge on any atom is 0.147 e. The van der Waals surface area contributed by atoms with Gasteiger partial charge < -0.3 is 5.32 Å². The van der Waals surface area contributed by atoms with Gasteiger partial charge in [0.2, 0.25) is 0 Å². The third kappa shape index (κ3) is 5.70. The van der Waals surface area contributed by atoms with Gasteiger partial charge in [-0.1, -0.05) is 20.8 Å². The molecule has 1 aliphatic carbocycles. The summed E-state index contributed by atoms with van der Waals surface area (Å²) in [7, 11) is -2.83. The molecule has 0 saturated heterocycles. The molecule has 0 aromatic carbocycles. The van der Waals surface area contributed by atoms with E-state index in [0.29, 0.717) is 23.0 Å². The molecule has 0 heterocycles. The van der Waals surface area contributed by atoms with Crippen LogP contribution in [0.2, 0.25) is 0 Å². The molecule has 2 unspecified atom stereocenters. The smallest absolute Gasteiger partial charge is 0.147 e. The lowest BCUT2D eigenvalue weighted by Gasteiger charge is -2.41. The summed E-state index contributed by atoms with van der Waals surface area (Å²) in [5.74, 6) is 1.55. The highest BCUT2D eigenvalue weighted by atomic mass is 32.2. The van der Waals surface area contributed by atoms with Gasteiger partial charge in [-0.2, -0.15) is 0 Å². The first-order chi connectivity index (χ1) is 8.23. The topological polar surface area (TPSA) is 46.2 Å². The van der Waals surface area contributed by atoms with Gasteiger partial charge in [-0.15, -0.1) is 0 Å². The molecule has 18 heavy (non-hydrogen) atoms. The summed E-state index contributed by atoms with van der Waals surface area (Å²) in [6.45, 7) is 8.78. The first-order valence-corrected chi connectivity index (χ1v) is 9.18. The molecule has 0 aliphatic heterocycles. The van der Waals surface area contributed by atoms with Crippen molar-refractivity contribution in [3.05, 3.63) is 0 Å². The minimum atomic E-state index is -2.83. The standard InChI is InChI=1S/C14H29NO2S/c1-5-15-11-13-6-8-14(2,3)10-12(13)7-9-18(4,16)17/h12-13,15H,5-11H2,1-4H3. The molecule has 0 radical (unpaired) electrons. The summed E-state index contributed by atoms with van der Waals surface area (Å²) in [5, 5.41) is 3.42. The van der Waals surface area contributed by atoms with Crippen molar-refractivity contribution in [1.82, 2.24) is 5.32 Å². The van der Waals surface area contributed by atoms with Gasteiger partial charge in [0, 0.05) is 6.26 Å². The van der Waals surface area contributed by atoms with E-state index in [2.05, 4.69) is 26.1 Å². The molecule has 108 valence electrons. The minimum Gasteiger partial charge on any atom is -0.317 e. The fraction of sp³-hybridized carbons (Fsp3) is 1.00. The van der Waals surface area contributed by atoms with Gasteiger partial charge >= 0.3 is 0 Å². The Morgan fingerprint density at radius 1 is 1.28 bits per heavy atom. The highest BCUT2D eigenvalue weighted by molar-refractivity contribution is 7.90. The molecular formula is C14H29NO2S. The maximum absolute atomic E-state index is 11.3. The van der Waals surface area contributed by atoms with Crippen LogP contribution in [-0.2, 0) is 9.84 Å². The van der Waals surface area contributed by atoms with Crippen LogP contribution in [0, 0.1) is 17.3 Å². The van der Waals surface area contributed by atoms with Crippen LogP contribution in [0.15, 0.2) is 0 Å². The molecule has 1 fully saturated rings. The Morgan fingerprint density at radius 3 is 2.50 bits per heavy atom.